The van der Waals surface area contributed by atoms with Gasteiger partial charge in [-0.2, -0.15) is 0 Å². The van der Waals surface area contributed by atoms with E-state index in [4.69, 9.17) is 28.4 Å². The molecule has 0 bridgehead atoms. The summed E-state index contributed by atoms with van der Waals surface area (Å²) in [6.07, 6.45) is 7.71. The fourth-order valence-electron chi connectivity index (χ4n) is 10.4. The van der Waals surface area contributed by atoms with Gasteiger partial charge in [-0.1, -0.05) is 124 Å². The first kappa shape index (κ1) is 58.9. The van der Waals surface area contributed by atoms with Crippen molar-refractivity contribution in [3.63, 3.8) is 0 Å². The summed E-state index contributed by atoms with van der Waals surface area (Å²) in [5, 5.41) is 17.8. The summed E-state index contributed by atoms with van der Waals surface area (Å²) in [6.45, 7) is 6.69. The molecule has 7 aromatic carbocycles. The molecule has 11 nitrogen and oxygen atoms in total. The first-order valence-corrected chi connectivity index (χ1v) is 29.0. The number of rotatable bonds is 20. The summed E-state index contributed by atoms with van der Waals surface area (Å²) in [5.74, 6) is 1.71. The van der Waals surface area contributed by atoms with Gasteiger partial charge in [-0.05, 0) is 130 Å². The first-order chi connectivity index (χ1) is 40.0. The summed E-state index contributed by atoms with van der Waals surface area (Å²) in [6, 6.07) is 56.7. The first-order valence-electron chi connectivity index (χ1n) is 28.1. The Kier molecular flexibility index (Phi) is 20.3. The van der Waals surface area contributed by atoms with Crippen molar-refractivity contribution in [3.05, 3.63) is 242 Å². The normalized spacial score (nSPS) is 14.0. The molecule has 3 aromatic heterocycles. The number of nitrogens with zero attached hydrogens (tertiary/aromatic N) is 3. The number of hydrogen-bond acceptors (Lipinski definition) is 11. The van der Waals surface area contributed by atoms with Crippen LogP contribution >= 0.6 is 11.3 Å². The van der Waals surface area contributed by atoms with Crippen LogP contribution < -0.4 is 19.8 Å². The number of aliphatic hydroxyl groups excluding tert-OH is 1. The van der Waals surface area contributed by atoms with E-state index < -0.39 is 17.3 Å². The number of halogens is 1. The number of unbranched alkanes of at least 4 members (excludes halogenated alkanes) is 2. The van der Waals surface area contributed by atoms with Gasteiger partial charge < -0.3 is 38.1 Å². The number of hydrogen-bond donors (Lipinski definition) is 1. The van der Waals surface area contributed by atoms with Crippen LogP contribution in [0.15, 0.2) is 192 Å². The van der Waals surface area contributed by atoms with E-state index in [-0.39, 0.29) is 11.4 Å². The van der Waals surface area contributed by atoms with Crippen LogP contribution in [0.2, 0.25) is 0 Å². The molecule has 11 rings (SSSR count). The number of aliphatic hydroxyl groups is 1. The van der Waals surface area contributed by atoms with Crippen LogP contribution in [0.3, 0.4) is 0 Å². The van der Waals surface area contributed by atoms with Gasteiger partial charge in [0.05, 0.1) is 28.4 Å². The molecule has 424 valence electrons. The lowest BCUT2D eigenvalue weighted by molar-refractivity contribution is -0.0950. The van der Waals surface area contributed by atoms with Crippen molar-refractivity contribution < 1.29 is 37.9 Å². The molecule has 1 aliphatic heterocycles. The summed E-state index contributed by atoms with van der Waals surface area (Å²) in [5.41, 5.74) is 6.42. The van der Waals surface area contributed by atoms with Gasteiger partial charge in [-0.3, -0.25) is 4.79 Å². The third kappa shape index (κ3) is 14.6. The van der Waals surface area contributed by atoms with Gasteiger partial charge in [-0.15, -0.1) is 11.3 Å². The van der Waals surface area contributed by atoms with E-state index in [9.17, 15) is 14.3 Å². The average molecular weight is 1120 g/mol. The lowest BCUT2D eigenvalue weighted by Crippen LogP contribution is -2.35. The fraction of sp³-hybridized carbons (Fsp3) is 0.290. The molecule has 1 N–H and O–H groups in total. The van der Waals surface area contributed by atoms with Crippen LogP contribution in [-0.2, 0) is 52.3 Å². The van der Waals surface area contributed by atoms with Crippen molar-refractivity contribution in [1.29, 1.82) is 0 Å². The number of thiazole rings is 1. The highest BCUT2D eigenvalue weighted by molar-refractivity contribution is 7.09. The lowest BCUT2D eigenvalue weighted by atomic mass is 9.86. The largest absolute Gasteiger partial charge is 0.489 e. The lowest BCUT2D eigenvalue weighted by Gasteiger charge is -2.36. The van der Waals surface area contributed by atoms with Gasteiger partial charge in [-0.25, -0.2) is 14.4 Å². The highest BCUT2D eigenvalue weighted by Crippen LogP contribution is 2.40. The van der Waals surface area contributed by atoms with Gasteiger partial charge >= 0.3 is 0 Å². The monoisotopic (exact) mass is 1120 g/mol. The van der Waals surface area contributed by atoms with Crippen molar-refractivity contribution in [3.8, 4) is 17.2 Å². The molecule has 0 saturated carbocycles. The van der Waals surface area contributed by atoms with E-state index in [2.05, 4.69) is 90.5 Å². The van der Waals surface area contributed by atoms with E-state index in [0.717, 1.165) is 104 Å². The minimum atomic E-state index is -0.549. The number of aryl methyl sites for hydroxylation is 1. The number of ether oxygens (including phenoxy) is 6. The van der Waals surface area contributed by atoms with Gasteiger partial charge in [0.2, 0.25) is 0 Å². The maximum atomic E-state index is 14.3. The predicted octanol–water partition coefficient (Wildman–Crippen LogP) is 15.5. The molecule has 0 radical (unpaired) electrons. The predicted molar refractivity (Wildman–Crippen MR) is 325 cm³/mol. The van der Waals surface area contributed by atoms with E-state index in [1.54, 1.807) is 49.3 Å². The Morgan fingerprint density at radius 3 is 2.12 bits per heavy atom. The molecule has 1 fully saturated rings. The molecule has 4 heterocycles. The Hall–Kier alpha value is -7.78. The van der Waals surface area contributed by atoms with Crippen LogP contribution in [0.5, 0.6) is 17.2 Å². The summed E-state index contributed by atoms with van der Waals surface area (Å²) in [7, 11) is 5.14. The van der Waals surface area contributed by atoms with Crippen LogP contribution in [0.4, 0.5) is 4.39 Å². The van der Waals surface area contributed by atoms with Crippen molar-refractivity contribution in [1.82, 2.24) is 14.5 Å². The van der Waals surface area contributed by atoms with E-state index in [1.165, 1.54) is 22.9 Å². The molecule has 2 unspecified atom stereocenters. The Morgan fingerprint density at radius 1 is 0.695 bits per heavy atom. The van der Waals surface area contributed by atoms with Gasteiger partial charge in [0.15, 0.2) is 0 Å². The van der Waals surface area contributed by atoms with Crippen LogP contribution in [0.25, 0.3) is 32.6 Å². The summed E-state index contributed by atoms with van der Waals surface area (Å²) in [4.78, 5) is 20.9. The summed E-state index contributed by atoms with van der Waals surface area (Å²) >= 11 is 1.61. The second-order valence-corrected chi connectivity index (χ2v) is 21.4. The van der Waals surface area contributed by atoms with Crippen molar-refractivity contribution in [2.45, 2.75) is 95.9 Å². The minimum absolute atomic E-state index is 0.0472. The van der Waals surface area contributed by atoms with Crippen molar-refractivity contribution in [2.24, 2.45) is 7.05 Å². The Balaban J connectivity index is 0.000000149. The maximum Gasteiger partial charge on any atom is 0.250 e. The number of pyridine rings is 2. The number of benzene rings is 7. The smallest absolute Gasteiger partial charge is 0.250 e. The zero-order valence-corrected chi connectivity index (χ0v) is 48.2. The molecule has 0 spiro atoms. The standard InChI is InChI=1S/C24H23NO2S.C23H24FNO4.C22H25NO2/c1-3-24(26-2,23-25-13-14-28-23)21-9-6-10-22(16-21)27-17-18-11-12-19-7-4-5-8-20(19)15-18;1-25-21-5-3-16(11-17(21)4-6-22(25)26)15-29-20-13-18(12-19(24)14-20)23(27-2)7-9-28-10-8-23;1-2-3-4-12-22(24)18-9-7-10-20(15-18)25-16-19-14-13-17-8-5-6-11-21(17)23-19/h4-16H,3,17H2,1-2H3;3-6,11-14H,7-10,15H2,1-2H3;5-11,13-15,22,24H,2-4,12,16H2,1H3. The number of aromatic nitrogens is 3. The number of para-hydroxylation sites is 1. The van der Waals surface area contributed by atoms with Gasteiger partial charge in [0.1, 0.15) is 53.5 Å². The maximum absolute atomic E-state index is 14.3. The van der Waals surface area contributed by atoms with Crippen molar-refractivity contribution in [2.75, 3.05) is 27.4 Å². The van der Waals surface area contributed by atoms with Gasteiger partial charge in [0.25, 0.3) is 5.56 Å². The molecule has 13 heteroatoms. The molecular formula is C69H72FN3O8S. The zero-order chi connectivity index (χ0) is 57.3. The Morgan fingerprint density at radius 2 is 1.38 bits per heavy atom. The fourth-order valence-corrected chi connectivity index (χ4v) is 11.3. The minimum Gasteiger partial charge on any atom is -0.489 e. The SMILES string of the molecule is CCC(OC)(c1cccc(OCc2ccc3ccccc3c2)c1)c1nccs1.CCCCCC(O)c1cccc(OCc2ccc3ccccc3n2)c1.COC1(c2cc(F)cc(OCc3ccc4c(ccc(=O)n4C)c3)c2)CCOCC1. The molecule has 1 aliphatic rings. The highest BCUT2D eigenvalue weighted by Gasteiger charge is 2.36. The van der Waals surface area contributed by atoms with E-state index in [0.29, 0.717) is 51.6 Å². The Bertz CT molecular complexity index is 3730. The zero-order valence-electron chi connectivity index (χ0n) is 47.4. The molecule has 10 aromatic rings. The van der Waals surface area contributed by atoms with Gasteiger partial charge in [0, 0.05) is 76.4 Å². The molecular weight excluding hydrogens is 1050 g/mol. The number of fused-ring (bicyclic) bond motifs is 3. The second-order valence-electron chi connectivity index (χ2n) is 20.5. The molecule has 2 atom stereocenters. The van der Waals surface area contributed by atoms with Crippen LogP contribution in [0.1, 0.15) is 103 Å². The molecule has 0 aliphatic carbocycles. The van der Waals surface area contributed by atoms with Crippen LogP contribution in [-0.4, -0.2) is 47.1 Å². The number of methoxy groups -OCH3 is 2. The Labute approximate surface area is 483 Å². The highest BCUT2D eigenvalue weighted by atomic mass is 32.1. The quantitative estimate of drug-likeness (QED) is 0.0738. The molecule has 0 amide bonds. The second kappa shape index (κ2) is 28.3. The summed E-state index contributed by atoms with van der Waals surface area (Å²) < 4.78 is 51.0. The molecule has 1 saturated heterocycles. The van der Waals surface area contributed by atoms with Crippen molar-refractivity contribution >= 4 is 43.9 Å². The molecule has 82 heavy (non-hydrogen) atoms. The van der Waals surface area contributed by atoms with E-state index in [1.807, 2.05) is 96.5 Å². The average Bonchev–Trinajstić information content (AvgIpc) is 4.18. The third-order valence-electron chi connectivity index (χ3n) is 15.2. The topological polar surface area (TPSA) is 123 Å². The van der Waals surface area contributed by atoms with E-state index >= 15 is 0 Å². The van der Waals surface area contributed by atoms with Crippen LogP contribution in [0, 0.1) is 5.82 Å². The third-order valence-corrected chi connectivity index (χ3v) is 16.1.